The van der Waals surface area contributed by atoms with Crippen LogP contribution in [-0.2, 0) is 0 Å². The summed E-state index contributed by atoms with van der Waals surface area (Å²) in [5.74, 6) is 2.15. The van der Waals surface area contributed by atoms with Crippen LogP contribution in [0.3, 0.4) is 0 Å². The van der Waals surface area contributed by atoms with E-state index in [-0.39, 0.29) is 0 Å². The second-order valence-electron chi connectivity index (χ2n) is 5.07. The number of aliphatic hydroxyl groups is 1. The maximum Gasteiger partial charge on any atom is 0.0456 e. The normalized spacial score (nSPS) is 17.8. The van der Waals surface area contributed by atoms with Crippen molar-refractivity contribution in [3.05, 3.63) is 0 Å². The standard InChI is InChI=1S/C13H28O/c1-5-11(2)7-6-8-12(3)9-13(4)10-14/h11-14H,5-10H2,1-4H3. The van der Waals surface area contributed by atoms with Crippen molar-refractivity contribution in [2.45, 2.75) is 59.8 Å². The zero-order valence-corrected chi connectivity index (χ0v) is 10.4. The molecule has 1 heteroatoms. The molecular weight excluding hydrogens is 172 g/mol. The molecule has 1 N–H and O–H groups in total. The monoisotopic (exact) mass is 200 g/mol. The molecule has 0 radical (unpaired) electrons. The zero-order chi connectivity index (χ0) is 11.0. The highest BCUT2D eigenvalue weighted by Gasteiger charge is 2.08. The zero-order valence-electron chi connectivity index (χ0n) is 10.4. The first kappa shape index (κ1) is 14.0. The Kier molecular flexibility index (Phi) is 8.26. The third kappa shape index (κ3) is 7.37. The highest BCUT2D eigenvalue weighted by atomic mass is 16.3. The molecule has 0 rings (SSSR count). The van der Waals surface area contributed by atoms with E-state index in [1.165, 1.54) is 32.1 Å². The highest BCUT2D eigenvalue weighted by Crippen LogP contribution is 2.19. The van der Waals surface area contributed by atoms with Gasteiger partial charge in [-0.2, -0.15) is 0 Å². The quantitative estimate of drug-likeness (QED) is 0.631. The predicted octanol–water partition coefficient (Wildman–Crippen LogP) is 3.86. The molecule has 3 unspecified atom stereocenters. The van der Waals surface area contributed by atoms with E-state index in [0.29, 0.717) is 12.5 Å². The Bertz CT molecular complexity index is 122. The summed E-state index contributed by atoms with van der Waals surface area (Å²) in [6.07, 6.45) is 6.54. The number of aliphatic hydroxyl groups excluding tert-OH is 1. The van der Waals surface area contributed by atoms with Gasteiger partial charge >= 0.3 is 0 Å². The van der Waals surface area contributed by atoms with E-state index in [4.69, 9.17) is 5.11 Å². The first-order valence-electron chi connectivity index (χ1n) is 6.20. The lowest BCUT2D eigenvalue weighted by Gasteiger charge is -2.16. The maximum absolute atomic E-state index is 8.94. The second kappa shape index (κ2) is 8.28. The smallest absolute Gasteiger partial charge is 0.0456 e. The molecule has 0 saturated heterocycles. The molecule has 0 aliphatic carbocycles. The molecule has 0 amide bonds. The summed E-state index contributed by atoms with van der Waals surface area (Å²) in [4.78, 5) is 0. The fraction of sp³-hybridized carbons (Fsp3) is 1.00. The molecule has 3 atom stereocenters. The number of hydrogen-bond donors (Lipinski definition) is 1. The van der Waals surface area contributed by atoms with E-state index in [1.54, 1.807) is 0 Å². The Hall–Kier alpha value is -0.0400. The van der Waals surface area contributed by atoms with Crippen LogP contribution in [-0.4, -0.2) is 11.7 Å². The SMILES string of the molecule is CCC(C)CCCC(C)CC(C)CO. The Morgan fingerprint density at radius 2 is 1.50 bits per heavy atom. The summed E-state index contributed by atoms with van der Waals surface area (Å²) < 4.78 is 0. The van der Waals surface area contributed by atoms with Gasteiger partial charge in [-0.05, 0) is 24.2 Å². The molecular formula is C13H28O. The molecule has 0 aromatic carbocycles. The summed E-state index contributed by atoms with van der Waals surface area (Å²) in [5.41, 5.74) is 0. The van der Waals surface area contributed by atoms with E-state index < -0.39 is 0 Å². The van der Waals surface area contributed by atoms with Crippen molar-refractivity contribution in [3.63, 3.8) is 0 Å². The Labute approximate surface area is 89.9 Å². The fourth-order valence-electron chi connectivity index (χ4n) is 1.90. The van der Waals surface area contributed by atoms with Crippen LogP contribution in [0, 0.1) is 17.8 Å². The van der Waals surface area contributed by atoms with Crippen LogP contribution in [0.15, 0.2) is 0 Å². The lowest BCUT2D eigenvalue weighted by molar-refractivity contribution is 0.211. The van der Waals surface area contributed by atoms with Crippen LogP contribution in [0.1, 0.15) is 59.8 Å². The predicted molar refractivity (Wildman–Crippen MR) is 63.3 cm³/mol. The largest absolute Gasteiger partial charge is 0.396 e. The minimum Gasteiger partial charge on any atom is -0.396 e. The van der Waals surface area contributed by atoms with E-state index in [1.807, 2.05) is 0 Å². The molecule has 14 heavy (non-hydrogen) atoms. The molecule has 0 aromatic heterocycles. The molecule has 0 aromatic rings. The lowest BCUT2D eigenvalue weighted by Crippen LogP contribution is -2.07. The van der Waals surface area contributed by atoms with Gasteiger partial charge in [-0.15, -0.1) is 0 Å². The number of rotatable bonds is 8. The van der Waals surface area contributed by atoms with E-state index >= 15 is 0 Å². The first-order valence-corrected chi connectivity index (χ1v) is 6.20. The highest BCUT2D eigenvalue weighted by molar-refractivity contribution is 4.60. The molecule has 86 valence electrons. The van der Waals surface area contributed by atoms with Crippen LogP contribution in [0.4, 0.5) is 0 Å². The van der Waals surface area contributed by atoms with Crippen LogP contribution in [0.25, 0.3) is 0 Å². The average molecular weight is 200 g/mol. The van der Waals surface area contributed by atoms with Gasteiger partial charge in [-0.3, -0.25) is 0 Å². The van der Waals surface area contributed by atoms with Crippen molar-refractivity contribution >= 4 is 0 Å². The Morgan fingerprint density at radius 3 is 2.00 bits per heavy atom. The second-order valence-corrected chi connectivity index (χ2v) is 5.07. The van der Waals surface area contributed by atoms with Gasteiger partial charge in [0.15, 0.2) is 0 Å². The Balaban J connectivity index is 3.39. The summed E-state index contributed by atoms with van der Waals surface area (Å²) in [6.45, 7) is 9.38. The summed E-state index contributed by atoms with van der Waals surface area (Å²) >= 11 is 0. The molecule has 0 bridgehead atoms. The summed E-state index contributed by atoms with van der Waals surface area (Å²) in [5, 5.41) is 8.94. The Morgan fingerprint density at radius 1 is 0.929 bits per heavy atom. The van der Waals surface area contributed by atoms with Gasteiger partial charge in [0.2, 0.25) is 0 Å². The van der Waals surface area contributed by atoms with Gasteiger partial charge < -0.3 is 5.11 Å². The minimum absolute atomic E-state index is 0.343. The molecule has 1 nitrogen and oxygen atoms in total. The van der Waals surface area contributed by atoms with E-state index in [0.717, 1.165) is 11.8 Å². The van der Waals surface area contributed by atoms with Gasteiger partial charge in [0.25, 0.3) is 0 Å². The van der Waals surface area contributed by atoms with E-state index in [2.05, 4.69) is 27.7 Å². The molecule has 0 heterocycles. The van der Waals surface area contributed by atoms with Crippen molar-refractivity contribution in [2.75, 3.05) is 6.61 Å². The van der Waals surface area contributed by atoms with Crippen LogP contribution >= 0.6 is 0 Å². The molecule has 0 fully saturated rings. The van der Waals surface area contributed by atoms with Crippen LogP contribution in [0.5, 0.6) is 0 Å². The van der Waals surface area contributed by atoms with Crippen LogP contribution < -0.4 is 0 Å². The van der Waals surface area contributed by atoms with Gasteiger partial charge in [-0.1, -0.05) is 53.4 Å². The van der Waals surface area contributed by atoms with Crippen molar-refractivity contribution in [1.29, 1.82) is 0 Å². The summed E-state index contributed by atoms with van der Waals surface area (Å²) in [7, 11) is 0. The number of hydrogen-bond acceptors (Lipinski definition) is 1. The maximum atomic E-state index is 8.94. The molecule has 0 spiro atoms. The summed E-state index contributed by atoms with van der Waals surface area (Å²) in [6, 6.07) is 0. The van der Waals surface area contributed by atoms with Crippen molar-refractivity contribution < 1.29 is 5.11 Å². The van der Waals surface area contributed by atoms with Crippen molar-refractivity contribution in [3.8, 4) is 0 Å². The molecule has 0 saturated carbocycles. The van der Waals surface area contributed by atoms with Crippen molar-refractivity contribution in [2.24, 2.45) is 17.8 Å². The van der Waals surface area contributed by atoms with Crippen LogP contribution in [0.2, 0.25) is 0 Å². The lowest BCUT2D eigenvalue weighted by atomic mass is 9.91. The van der Waals surface area contributed by atoms with Gasteiger partial charge in [0.05, 0.1) is 0 Å². The van der Waals surface area contributed by atoms with E-state index in [9.17, 15) is 0 Å². The molecule has 0 aliphatic heterocycles. The third-order valence-electron chi connectivity index (χ3n) is 3.21. The molecule has 0 aliphatic rings. The van der Waals surface area contributed by atoms with Gasteiger partial charge in [0.1, 0.15) is 0 Å². The first-order chi connectivity index (χ1) is 6.60. The van der Waals surface area contributed by atoms with Gasteiger partial charge in [0, 0.05) is 6.61 Å². The third-order valence-corrected chi connectivity index (χ3v) is 3.21. The minimum atomic E-state index is 0.343. The van der Waals surface area contributed by atoms with Gasteiger partial charge in [-0.25, -0.2) is 0 Å². The topological polar surface area (TPSA) is 20.2 Å². The average Bonchev–Trinajstić information content (AvgIpc) is 2.17. The fourth-order valence-corrected chi connectivity index (χ4v) is 1.90. The van der Waals surface area contributed by atoms with Crippen molar-refractivity contribution in [1.82, 2.24) is 0 Å².